The van der Waals surface area contributed by atoms with Crippen LogP contribution in [0.2, 0.25) is 0 Å². The van der Waals surface area contributed by atoms with E-state index in [2.05, 4.69) is 10.2 Å². The zero-order valence-corrected chi connectivity index (χ0v) is 12.8. The standard InChI is InChI=1S/C17H25FN2O/c1-21-15-8-4-7-14(18)16(15)17(13-5-2-3-6-13)20-11-9-19-10-12-20/h4,7-8,13,17,19H,2-3,5-6,9-12H2,1H3/t17-/m0/s1. The van der Waals surface area contributed by atoms with Gasteiger partial charge in [-0.25, -0.2) is 4.39 Å². The minimum absolute atomic E-state index is 0.121. The first-order valence-electron chi connectivity index (χ1n) is 8.08. The van der Waals surface area contributed by atoms with Crippen molar-refractivity contribution in [1.82, 2.24) is 10.2 Å². The molecule has 1 N–H and O–H groups in total. The van der Waals surface area contributed by atoms with Gasteiger partial charge in [0.25, 0.3) is 0 Å². The van der Waals surface area contributed by atoms with Crippen LogP contribution in [0, 0.1) is 11.7 Å². The second-order valence-corrected chi connectivity index (χ2v) is 6.13. The van der Waals surface area contributed by atoms with Gasteiger partial charge in [0.15, 0.2) is 0 Å². The first-order chi connectivity index (χ1) is 10.3. The first kappa shape index (κ1) is 14.8. The quantitative estimate of drug-likeness (QED) is 0.923. The highest BCUT2D eigenvalue weighted by molar-refractivity contribution is 5.38. The number of nitrogens with zero attached hydrogens (tertiary/aromatic N) is 1. The van der Waals surface area contributed by atoms with Crippen LogP contribution in [-0.4, -0.2) is 38.2 Å². The van der Waals surface area contributed by atoms with Crippen LogP contribution in [-0.2, 0) is 0 Å². The number of halogens is 1. The molecule has 0 radical (unpaired) electrons. The number of nitrogens with one attached hydrogen (secondary N) is 1. The van der Waals surface area contributed by atoms with Crippen LogP contribution >= 0.6 is 0 Å². The molecule has 1 aliphatic carbocycles. The van der Waals surface area contributed by atoms with Crippen molar-refractivity contribution >= 4 is 0 Å². The van der Waals surface area contributed by atoms with E-state index >= 15 is 0 Å². The predicted octanol–water partition coefficient (Wildman–Crippen LogP) is 2.97. The molecule has 1 atom stereocenters. The van der Waals surface area contributed by atoms with Crippen LogP contribution in [0.4, 0.5) is 4.39 Å². The molecule has 0 bridgehead atoms. The highest BCUT2D eigenvalue weighted by Gasteiger charge is 2.35. The molecule has 0 aromatic heterocycles. The summed E-state index contributed by atoms with van der Waals surface area (Å²) in [7, 11) is 1.64. The summed E-state index contributed by atoms with van der Waals surface area (Å²) in [6.07, 6.45) is 4.94. The van der Waals surface area contributed by atoms with Gasteiger partial charge < -0.3 is 10.1 Å². The molecule has 1 aromatic rings. The molecule has 4 heteroatoms. The highest BCUT2D eigenvalue weighted by atomic mass is 19.1. The van der Waals surface area contributed by atoms with E-state index in [9.17, 15) is 4.39 Å². The molecule has 0 spiro atoms. The van der Waals surface area contributed by atoms with E-state index in [1.165, 1.54) is 25.7 Å². The van der Waals surface area contributed by atoms with E-state index in [-0.39, 0.29) is 11.9 Å². The van der Waals surface area contributed by atoms with Gasteiger partial charge in [-0.1, -0.05) is 18.9 Å². The van der Waals surface area contributed by atoms with Crippen LogP contribution in [0.5, 0.6) is 5.75 Å². The summed E-state index contributed by atoms with van der Waals surface area (Å²) in [6.45, 7) is 3.94. The number of ether oxygens (including phenoxy) is 1. The Balaban J connectivity index is 1.97. The van der Waals surface area contributed by atoms with Crippen molar-refractivity contribution in [2.45, 2.75) is 31.7 Å². The Morgan fingerprint density at radius 1 is 1.24 bits per heavy atom. The molecule has 1 heterocycles. The number of hydrogen-bond acceptors (Lipinski definition) is 3. The van der Waals surface area contributed by atoms with Gasteiger partial charge in [0, 0.05) is 37.8 Å². The Morgan fingerprint density at radius 2 is 1.95 bits per heavy atom. The molecule has 0 amide bonds. The molecular weight excluding hydrogens is 267 g/mol. The Morgan fingerprint density at radius 3 is 2.62 bits per heavy atom. The van der Waals surface area contributed by atoms with E-state index < -0.39 is 0 Å². The van der Waals surface area contributed by atoms with E-state index in [4.69, 9.17) is 4.74 Å². The number of piperazine rings is 1. The van der Waals surface area contributed by atoms with Crippen LogP contribution < -0.4 is 10.1 Å². The molecule has 1 saturated heterocycles. The van der Waals surface area contributed by atoms with Crippen LogP contribution in [0.3, 0.4) is 0 Å². The second kappa shape index (κ2) is 6.75. The zero-order valence-electron chi connectivity index (χ0n) is 12.8. The molecule has 0 unspecified atom stereocenters. The monoisotopic (exact) mass is 292 g/mol. The molecule has 1 aliphatic heterocycles. The summed E-state index contributed by atoms with van der Waals surface area (Å²) in [6, 6.07) is 5.36. The minimum atomic E-state index is -0.121. The maximum Gasteiger partial charge on any atom is 0.131 e. The maximum atomic E-state index is 14.6. The Bertz CT molecular complexity index is 468. The zero-order chi connectivity index (χ0) is 14.7. The first-order valence-corrected chi connectivity index (χ1v) is 8.08. The minimum Gasteiger partial charge on any atom is -0.496 e. The van der Waals surface area contributed by atoms with Crippen molar-refractivity contribution in [1.29, 1.82) is 0 Å². The van der Waals surface area contributed by atoms with E-state index in [1.807, 2.05) is 6.07 Å². The van der Waals surface area contributed by atoms with Crippen LogP contribution in [0.1, 0.15) is 37.3 Å². The van der Waals surface area contributed by atoms with Gasteiger partial charge in [0.05, 0.1) is 7.11 Å². The van der Waals surface area contributed by atoms with Crippen molar-refractivity contribution in [3.63, 3.8) is 0 Å². The van der Waals surface area contributed by atoms with Crippen LogP contribution in [0.25, 0.3) is 0 Å². The molecule has 3 rings (SSSR count). The molecular formula is C17H25FN2O. The normalized spacial score (nSPS) is 22.4. The van der Waals surface area contributed by atoms with E-state index in [0.717, 1.165) is 31.7 Å². The summed E-state index contributed by atoms with van der Waals surface area (Å²) >= 11 is 0. The summed E-state index contributed by atoms with van der Waals surface area (Å²) in [4.78, 5) is 2.45. The SMILES string of the molecule is COc1cccc(F)c1[C@H](C1CCCC1)N1CCNCC1. The third-order valence-corrected chi connectivity index (χ3v) is 4.92. The molecule has 2 fully saturated rings. The van der Waals surface area contributed by atoms with Crippen molar-refractivity contribution in [3.8, 4) is 5.75 Å². The fourth-order valence-electron chi connectivity index (χ4n) is 3.93. The summed E-state index contributed by atoms with van der Waals surface area (Å²) in [5, 5.41) is 3.39. The van der Waals surface area contributed by atoms with Crippen molar-refractivity contribution in [3.05, 3.63) is 29.6 Å². The van der Waals surface area contributed by atoms with Gasteiger partial charge >= 0.3 is 0 Å². The van der Waals surface area contributed by atoms with Gasteiger partial charge in [0.2, 0.25) is 0 Å². The van der Waals surface area contributed by atoms with Gasteiger partial charge in [-0.05, 0) is 30.9 Å². The summed E-state index contributed by atoms with van der Waals surface area (Å²) in [5.74, 6) is 1.13. The second-order valence-electron chi connectivity index (χ2n) is 6.13. The number of rotatable bonds is 4. The average Bonchev–Trinajstić information content (AvgIpc) is 3.04. The molecule has 2 aliphatic rings. The number of benzene rings is 1. The van der Waals surface area contributed by atoms with Gasteiger partial charge in [0.1, 0.15) is 11.6 Å². The summed E-state index contributed by atoms with van der Waals surface area (Å²) < 4.78 is 20.0. The largest absolute Gasteiger partial charge is 0.496 e. The number of methoxy groups -OCH3 is 1. The van der Waals surface area contributed by atoms with Gasteiger partial charge in [-0.2, -0.15) is 0 Å². The van der Waals surface area contributed by atoms with Crippen LogP contribution in [0.15, 0.2) is 18.2 Å². The smallest absolute Gasteiger partial charge is 0.131 e. The lowest BCUT2D eigenvalue weighted by Crippen LogP contribution is -2.47. The van der Waals surface area contributed by atoms with E-state index in [1.54, 1.807) is 19.2 Å². The van der Waals surface area contributed by atoms with Gasteiger partial charge in [-0.3, -0.25) is 4.90 Å². The third kappa shape index (κ3) is 3.06. The van der Waals surface area contributed by atoms with Crippen molar-refractivity contribution < 1.29 is 9.13 Å². The topological polar surface area (TPSA) is 24.5 Å². The Hall–Kier alpha value is -1.13. The maximum absolute atomic E-state index is 14.6. The summed E-state index contributed by atoms with van der Waals surface area (Å²) in [5.41, 5.74) is 0.772. The molecule has 116 valence electrons. The Kier molecular flexibility index (Phi) is 4.76. The van der Waals surface area contributed by atoms with E-state index in [0.29, 0.717) is 11.7 Å². The fraction of sp³-hybridized carbons (Fsp3) is 0.647. The molecule has 1 saturated carbocycles. The molecule has 1 aromatic carbocycles. The average molecular weight is 292 g/mol. The predicted molar refractivity (Wildman–Crippen MR) is 82.1 cm³/mol. The lowest BCUT2D eigenvalue weighted by molar-refractivity contribution is 0.120. The van der Waals surface area contributed by atoms with Crippen molar-refractivity contribution in [2.24, 2.45) is 5.92 Å². The Labute approximate surface area is 126 Å². The highest BCUT2D eigenvalue weighted by Crippen LogP contribution is 2.43. The molecule has 21 heavy (non-hydrogen) atoms. The van der Waals surface area contributed by atoms with Gasteiger partial charge in [-0.15, -0.1) is 0 Å². The lowest BCUT2D eigenvalue weighted by Gasteiger charge is -2.39. The fourth-order valence-corrected chi connectivity index (χ4v) is 3.93. The molecule has 3 nitrogen and oxygen atoms in total. The third-order valence-electron chi connectivity index (χ3n) is 4.92. The number of hydrogen-bond donors (Lipinski definition) is 1. The van der Waals surface area contributed by atoms with Crippen molar-refractivity contribution in [2.75, 3.05) is 33.3 Å². The lowest BCUT2D eigenvalue weighted by atomic mass is 9.88.